The van der Waals surface area contributed by atoms with Crippen molar-refractivity contribution >= 4 is 29.9 Å². The van der Waals surface area contributed by atoms with E-state index in [1.807, 2.05) is 26.1 Å². The molecule has 2 aromatic rings. The van der Waals surface area contributed by atoms with Gasteiger partial charge in [-0.25, -0.2) is 0 Å². The van der Waals surface area contributed by atoms with Gasteiger partial charge in [0.15, 0.2) is 0 Å². The van der Waals surface area contributed by atoms with Crippen LogP contribution < -0.4 is 10.6 Å². The summed E-state index contributed by atoms with van der Waals surface area (Å²) in [5.74, 6) is 0.908. The number of rotatable bonds is 7. The predicted octanol–water partition coefficient (Wildman–Crippen LogP) is 2.47. The van der Waals surface area contributed by atoms with Crippen LogP contribution in [-0.4, -0.2) is 35.7 Å². The molecule has 1 heterocycles. The molecule has 0 aliphatic rings. The van der Waals surface area contributed by atoms with E-state index in [9.17, 15) is 4.79 Å². The molecule has 8 heteroatoms. The summed E-state index contributed by atoms with van der Waals surface area (Å²) in [6.07, 6.45) is 0.735. The van der Waals surface area contributed by atoms with Crippen LogP contribution in [0.25, 0.3) is 11.4 Å². The van der Waals surface area contributed by atoms with Crippen molar-refractivity contribution in [3.8, 4) is 11.4 Å². The Morgan fingerprint density at radius 2 is 2.04 bits per heavy atom. The molecule has 1 atom stereocenters. The molecule has 1 aromatic heterocycles. The Labute approximate surface area is 146 Å². The molecule has 0 aliphatic carbocycles. The lowest BCUT2D eigenvalue weighted by Crippen LogP contribution is -2.37. The minimum Gasteiger partial charge on any atom is -0.355 e. The lowest BCUT2D eigenvalue weighted by Gasteiger charge is -2.10. The van der Waals surface area contributed by atoms with Crippen molar-refractivity contribution in [2.75, 3.05) is 13.6 Å². The highest BCUT2D eigenvalue weighted by atomic mass is 35.5. The second-order valence-electron chi connectivity index (χ2n) is 5.01. The summed E-state index contributed by atoms with van der Waals surface area (Å²) in [6, 6.07) is 7.42. The Kier molecular flexibility index (Phi) is 8.02. The van der Waals surface area contributed by atoms with Crippen LogP contribution in [0.1, 0.15) is 19.2 Å². The molecule has 0 saturated heterocycles. The summed E-state index contributed by atoms with van der Waals surface area (Å²) >= 11 is 5.84. The van der Waals surface area contributed by atoms with E-state index in [2.05, 4.69) is 20.8 Å². The van der Waals surface area contributed by atoms with Crippen LogP contribution in [-0.2, 0) is 11.2 Å². The fraction of sp³-hybridized carbons (Fsp3) is 0.400. The number of aryl methyl sites for hydroxylation is 1. The quantitative estimate of drug-likeness (QED) is 0.794. The highest BCUT2D eigenvalue weighted by Crippen LogP contribution is 2.18. The second-order valence-corrected chi connectivity index (χ2v) is 5.45. The Bertz CT molecular complexity index is 616. The SMILES string of the molecule is CNC(C)CNC(=O)CCc1nc(-c2ccc(Cl)cc2)no1.Cl. The lowest BCUT2D eigenvalue weighted by atomic mass is 10.2. The largest absolute Gasteiger partial charge is 0.355 e. The molecular formula is C15H20Cl2N4O2. The van der Waals surface area contributed by atoms with E-state index in [1.54, 1.807) is 12.1 Å². The van der Waals surface area contributed by atoms with Crippen molar-refractivity contribution in [2.45, 2.75) is 25.8 Å². The minimum absolute atomic E-state index is 0. The highest BCUT2D eigenvalue weighted by Gasteiger charge is 2.11. The zero-order chi connectivity index (χ0) is 15.9. The van der Waals surface area contributed by atoms with E-state index in [0.717, 1.165) is 5.56 Å². The number of halogens is 2. The first-order valence-electron chi connectivity index (χ1n) is 7.11. The predicted molar refractivity (Wildman–Crippen MR) is 91.8 cm³/mol. The number of hydrogen-bond acceptors (Lipinski definition) is 5. The summed E-state index contributed by atoms with van der Waals surface area (Å²) in [5.41, 5.74) is 0.826. The van der Waals surface area contributed by atoms with Crippen LogP contribution in [0.4, 0.5) is 0 Å². The normalized spacial score (nSPS) is 11.6. The lowest BCUT2D eigenvalue weighted by molar-refractivity contribution is -0.121. The molecule has 23 heavy (non-hydrogen) atoms. The van der Waals surface area contributed by atoms with Gasteiger partial charge in [0, 0.05) is 36.0 Å². The molecular weight excluding hydrogens is 339 g/mol. The third-order valence-corrected chi connectivity index (χ3v) is 3.49. The summed E-state index contributed by atoms with van der Waals surface area (Å²) in [6.45, 7) is 2.59. The van der Waals surface area contributed by atoms with Crippen LogP contribution >= 0.6 is 24.0 Å². The topological polar surface area (TPSA) is 80.0 Å². The molecule has 0 aliphatic heterocycles. The standard InChI is InChI=1S/C15H19ClN4O2.ClH/c1-10(17-2)9-18-13(21)7-8-14-19-15(20-22-14)11-3-5-12(16)6-4-11;/h3-6,10,17H,7-9H2,1-2H3,(H,18,21);1H. The number of nitrogens with zero attached hydrogens (tertiary/aromatic N) is 2. The molecule has 1 aromatic carbocycles. The van der Waals surface area contributed by atoms with Crippen LogP contribution in [0.3, 0.4) is 0 Å². The third-order valence-electron chi connectivity index (χ3n) is 3.23. The van der Waals surface area contributed by atoms with Gasteiger partial charge in [0.1, 0.15) is 0 Å². The number of aromatic nitrogens is 2. The first-order valence-corrected chi connectivity index (χ1v) is 7.48. The molecule has 0 radical (unpaired) electrons. The van der Waals surface area contributed by atoms with Crippen LogP contribution in [0.5, 0.6) is 0 Å². The van der Waals surface area contributed by atoms with Gasteiger partial charge < -0.3 is 15.2 Å². The zero-order valence-electron chi connectivity index (χ0n) is 13.0. The number of carbonyl (C=O) groups is 1. The summed E-state index contributed by atoms with van der Waals surface area (Å²) < 4.78 is 5.16. The summed E-state index contributed by atoms with van der Waals surface area (Å²) in [5, 5.41) is 10.5. The van der Waals surface area contributed by atoms with E-state index in [4.69, 9.17) is 16.1 Å². The second kappa shape index (κ2) is 9.50. The first-order chi connectivity index (χ1) is 10.6. The maximum Gasteiger partial charge on any atom is 0.227 e. The summed E-state index contributed by atoms with van der Waals surface area (Å²) in [7, 11) is 1.85. The molecule has 0 saturated carbocycles. The van der Waals surface area contributed by atoms with Crippen LogP contribution in [0.15, 0.2) is 28.8 Å². The molecule has 0 fully saturated rings. The van der Waals surface area contributed by atoms with Crippen molar-refractivity contribution in [1.29, 1.82) is 0 Å². The van der Waals surface area contributed by atoms with E-state index in [1.165, 1.54) is 0 Å². The molecule has 2 N–H and O–H groups in total. The van der Waals surface area contributed by atoms with Gasteiger partial charge in [0.25, 0.3) is 0 Å². The number of likely N-dealkylation sites (N-methyl/N-ethyl adjacent to an activating group) is 1. The fourth-order valence-electron chi connectivity index (χ4n) is 1.75. The van der Waals surface area contributed by atoms with E-state index in [0.29, 0.717) is 36.1 Å². The monoisotopic (exact) mass is 358 g/mol. The van der Waals surface area contributed by atoms with E-state index in [-0.39, 0.29) is 24.4 Å². The number of nitrogens with one attached hydrogen (secondary N) is 2. The number of carbonyl (C=O) groups excluding carboxylic acids is 1. The van der Waals surface area contributed by atoms with Crippen LogP contribution in [0.2, 0.25) is 5.02 Å². The van der Waals surface area contributed by atoms with Crippen LogP contribution in [0, 0.1) is 0 Å². The smallest absolute Gasteiger partial charge is 0.227 e. The first kappa shape index (κ1) is 19.4. The Hall–Kier alpha value is -1.63. The van der Waals surface area contributed by atoms with E-state index >= 15 is 0 Å². The fourth-order valence-corrected chi connectivity index (χ4v) is 1.88. The molecule has 0 spiro atoms. The van der Waals surface area contributed by atoms with Gasteiger partial charge in [-0.2, -0.15) is 4.98 Å². The Morgan fingerprint density at radius 1 is 1.35 bits per heavy atom. The van der Waals surface area contributed by atoms with Crippen molar-refractivity contribution in [3.05, 3.63) is 35.2 Å². The average molecular weight is 359 g/mol. The maximum atomic E-state index is 11.7. The highest BCUT2D eigenvalue weighted by molar-refractivity contribution is 6.30. The number of amides is 1. The van der Waals surface area contributed by atoms with Gasteiger partial charge in [0.05, 0.1) is 0 Å². The third kappa shape index (κ3) is 6.17. The molecule has 1 amide bonds. The molecule has 0 bridgehead atoms. The molecule has 1 unspecified atom stereocenters. The molecule has 2 rings (SSSR count). The minimum atomic E-state index is -0.0339. The van der Waals surface area contributed by atoms with E-state index < -0.39 is 0 Å². The van der Waals surface area contributed by atoms with Crippen molar-refractivity contribution in [2.24, 2.45) is 0 Å². The van der Waals surface area contributed by atoms with Crippen molar-refractivity contribution in [1.82, 2.24) is 20.8 Å². The average Bonchev–Trinajstić information content (AvgIpc) is 3.00. The van der Waals surface area contributed by atoms with Gasteiger partial charge in [-0.1, -0.05) is 16.8 Å². The number of hydrogen-bond donors (Lipinski definition) is 2. The van der Waals surface area contributed by atoms with Crippen molar-refractivity contribution < 1.29 is 9.32 Å². The van der Waals surface area contributed by atoms with Crippen molar-refractivity contribution in [3.63, 3.8) is 0 Å². The van der Waals surface area contributed by atoms with Gasteiger partial charge in [-0.15, -0.1) is 12.4 Å². The van der Waals surface area contributed by atoms with Gasteiger partial charge in [-0.05, 0) is 38.2 Å². The Morgan fingerprint density at radius 3 is 2.70 bits per heavy atom. The maximum absolute atomic E-state index is 11.7. The molecule has 6 nitrogen and oxygen atoms in total. The van der Waals surface area contributed by atoms with Gasteiger partial charge in [0.2, 0.25) is 17.6 Å². The van der Waals surface area contributed by atoms with Gasteiger partial charge >= 0.3 is 0 Å². The molecule has 126 valence electrons. The number of benzene rings is 1. The van der Waals surface area contributed by atoms with Gasteiger partial charge in [-0.3, -0.25) is 4.79 Å². The zero-order valence-corrected chi connectivity index (χ0v) is 14.6. The summed E-state index contributed by atoms with van der Waals surface area (Å²) in [4.78, 5) is 16.0. The Balaban J connectivity index is 0.00000264.